The van der Waals surface area contributed by atoms with E-state index >= 15 is 0 Å². The first-order valence-corrected chi connectivity index (χ1v) is 10.5. The Labute approximate surface area is 174 Å². The van der Waals surface area contributed by atoms with Gasteiger partial charge in [0.05, 0.1) is 18.6 Å². The largest absolute Gasteiger partial charge is 0.573 e. The number of hydrogen-bond acceptors (Lipinski definition) is 6. The molecule has 0 spiro atoms. The molecule has 2 aromatic heterocycles. The molecule has 1 aliphatic rings. The van der Waals surface area contributed by atoms with Crippen LogP contribution in [0.2, 0.25) is 0 Å². The van der Waals surface area contributed by atoms with E-state index in [9.17, 15) is 17.6 Å². The maximum absolute atomic E-state index is 13.1. The number of ether oxygens (including phenoxy) is 1. The van der Waals surface area contributed by atoms with Crippen LogP contribution < -0.4 is 15.4 Å². The summed E-state index contributed by atoms with van der Waals surface area (Å²) < 4.78 is 56.2. The van der Waals surface area contributed by atoms with Crippen LogP contribution in [0.5, 0.6) is 5.75 Å². The second-order valence-electron chi connectivity index (χ2n) is 7.14. The lowest BCUT2D eigenvalue weighted by molar-refractivity contribution is -0.274. The summed E-state index contributed by atoms with van der Waals surface area (Å²) >= 11 is 1.33. The van der Waals surface area contributed by atoms with Crippen LogP contribution in [0.3, 0.4) is 0 Å². The summed E-state index contributed by atoms with van der Waals surface area (Å²) in [5.74, 6) is 0.0475. The summed E-state index contributed by atoms with van der Waals surface area (Å²) in [5, 5.41) is 11.8. The van der Waals surface area contributed by atoms with Crippen molar-refractivity contribution in [3.05, 3.63) is 30.5 Å². The molecule has 1 fully saturated rings. The average molecular weight is 443 g/mol. The van der Waals surface area contributed by atoms with E-state index < -0.39 is 13.0 Å². The van der Waals surface area contributed by atoms with Crippen LogP contribution in [0.15, 0.2) is 30.5 Å². The van der Waals surface area contributed by atoms with Gasteiger partial charge in [0.2, 0.25) is 10.1 Å². The van der Waals surface area contributed by atoms with Crippen molar-refractivity contribution in [1.29, 1.82) is 0 Å². The van der Waals surface area contributed by atoms with E-state index in [-0.39, 0.29) is 11.8 Å². The Kier molecular flexibility index (Phi) is 6.09. The minimum absolute atomic E-state index is 0.0279. The fraction of sp³-hybridized carbons (Fsp3) is 0.474. The number of nitrogens with one attached hydrogen (secondary N) is 2. The van der Waals surface area contributed by atoms with Gasteiger partial charge in [-0.1, -0.05) is 23.5 Å². The predicted octanol–water partition coefficient (Wildman–Crippen LogP) is 4.50. The van der Waals surface area contributed by atoms with Gasteiger partial charge in [-0.15, -0.1) is 18.3 Å². The highest BCUT2D eigenvalue weighted by Gasteiger charge is 2.31. The number of nitrogens with zero attached hydrogens (tertiary/aromatic N) is 3. The van der Waals surface area contributed by atoms with Gasteiger partial charge < -0.3 is 15.4 Å². The van der Waals surface area contributed by atoms with Crippen LogP contribution >= 0.6 is 11.3 Å². The molecular formula is C19H21F4N5OS. The number of piperidine rings is 1. The minimum Gasteiger partial charge on any atom is -0.406 e. The predicted molar refractivity (Wildman–Crippen MR) is 107 cm³/mol. The number of hydrogen-bond donors (Lipinski definition) is 2. The zero-order valence-electron chi connectivity index (χ0n) is 16.0. The Morgan fingerprint density at radius 2 is 2.10 bits per heavy atom. The Bertz CT molecular complexity index is 983. The number of halogens is 4. The first-order valence-electron chi connectivity index (χ1n) is 9.67. The molecule has 1 saturated heterocycles. The molecule has 4 rings (SSSR count). The molecule has 1 aromatic carbocycles. The molecule has 0 bridgehead atoms. The van der Waals surface area contributed by atoms with Crippen molar-refractivity contribution in [2.24, 2.45) is 5.92 Å². The number of rotatable bonds is 7. The van der Waals surface area contributed by atoms with E-state index in [2.05, 4.69) is 25.5 Å². The molecule has 6 nitrogen and oxygen atoms in total. The van der Waals surface area contributed by atoms with E-state index in [1.807, 2.05) is 0 Å². The number of alkyl halides is 4. The van der Waals surface area contributed by atoms with Gasteiger partial charge >= 0.3 is 6.36 Å². The summed E-state index contributed by atoms with van der Waals surface area (Å²) in [6.07, 6.45) is -0.866. The zero-order chi connectivity index (χ0) is 21.1. The number of aromatic nitrogens is 3. The van der Waals surface area contributed by atoms with Gasteiger partial charge in [-0.3, -0.25) is 4.39 Å². The molecule has 0 amide bonds. The van der Waals surface area contributed by atoms with Crippen molar-refractivity contribution in [1.82, 2.24) is 19.9 Å². The fourth-order valence-corrected chi connectivity index (χ4v) is 4.59. The molecule has 0 radical (unpaired) electrons. The highest BCUT2D eigenvalue weighted by atomic mass is 32.1. The second-order valence-corrected chi connectivity index (χ2v) is 8.09. The van der Waals surface area contributed by atoms with E-state index in [0.717, 1.165) is 25.9 Å². The Hall–Kier alpha value is -2.40. The van der Waals surface area contributed by atoms with Crippen molar-refractivity contribution in [2.75, 3.05) is 25.1 Å². The van der Waals surface area contributed by atoms with Gasteiger partial charge in [0.15, 0.2) is 0 Å². The first-order chi connectivity index (χ1) is 14.4. The fourth-order valence-electron chi connectivity index (χ4n) is 3.75. The molecule has 1 aliphatic heterocycles. The number of anilines is 1. The van der Waals surface area contributed by atoms with E-state index in [0.29, 0.717) is 33.7 Å². The van der Waals surface area contributed by atoms with E-state index in [1.54, 1.807) is 16.8 Å². The van der Waals surface area contributed by atoms with Gasteiger partial charge in [0, 0.05) is 11.6 Å². The summed E-state index contributed by atoms with van der Waals surface area (Å²) in [6.45, 7) is 1.41. The average Bonchev–Trinajstić information content (AvgIpc) is 3.27. The Morgan fingerprint density at radius 1 is 1.30 bits per heavy atom. The summed E-state index contributed by atoms with van der Waals surface area (Å²) in [4.78, 5) is 4.91. The van der Waals surface area contributed by atoms with E-state index in [4.69, 9.17) is 0 Å². The Balaban J connectivity index is 1.57. The first kappa shape index (κ1) is 20.9. The molecule has 3 aromatic rings. The molecule has 0 aliphatic carbocycles. The molecule has 2 N–H and O–H groups in total. The minimum atomic E-state index is -4.76. The van der Waals surface area contributed by atoms with Crippen molar-refractivity contribution in [3.63, 3.8) is 0 Å². The van der Waals surface area contributed by atoms with Gasteiger partial charge in [-0.2, -0.15) is 0 Å². The number of fused-ring (bicyclic) bond motifs is 1. The molecule has 1 unspecified atom stereocenters. The van der Waals surface area contributed by atoms with Gasteiger partial charge in [-0.05, 0) is 50.4 Å². The lowest BCUT2D eigenvalue weighted by Gasteiger charge is -2.30. The normalized spacial score (nSPS) is 16.7. The third-order valence-corrected chi connectivity index (χ3v) is 5.98. The molecule has 162 valence electrons. The van der Waals surface area contributed by atoms with Crippen LogP contribution in [-0.4, -0.2) is 46.8 Å². The van der Waals surface area contributed by atoms with Crippen molar-refractivity contribution in [2.45, 2.75) is 31.7 Å². The monoisotopic (exact) mass is 443 g/mol. The van der Waals surface area contributed by atoms with Crippen LogP contribution in [0, 0.1) is 5.92 Å². The third-order valence-electron chi connectivity index (χ3n) is 5.13. The zero-order valence-corrected chi connectivity index (χ0v) is 16.8. The molecule has 1 atom stereocenters. The third kappa shape index (κ3) is 4.84. The number of imidazole rings is 1. The topological polar surface area (TPSA) is 63.5 Å². The highest BCUT2D eigenvalue weighted by molar-refractivity contribution is 7.20. The molecule has 11 heteroatoms. The number of benzene rings is 1. The van der Waals surface area contributed by atoms with Crippen molar-refractivity contribution >= 4 is 21.4 Å². The Morgan fingerprint density at radius 3 is 2.83 bits per heavy atom. The SMILES string of the molecule is FCCC(Nc1nn2c(-c3cccc(OC(F)(F)F)c3)cnc2s1)C1CCNCC1. The summed E-state index contributed by atoms with van der Waals surface area (Å²) in [7, 11) is 0. The van der Waals surface area contributed by atoms with E-state index in [1.165, 1.54) is 29.5 Å². The maximum atomic E-state index is 13.1. The smallest absolute Gasteiger partial charge is 0.406 e. The van der Waals surface area contributed by atoms with Crippen LogP contribution in [0.4, 0.5) is 22.7 Å². The summed E-state index contributed by atoms with van der Waals surface area (Å²) in [6, 6.07) is 5.66. The lowest BCUT2D eigenvalue weighted by atomic mass is 9.89. The molecule has 3 heterocycles. The quantitative estimate of drug-likeness (QED) is 0.527. The lowest BCUT2D eigenvalue weighted by Crippen LogP contribution is -2.38. The highest BCUT2D eigenvalue weighted by Crippen LogP contribution is 2.31. The molecular weight excluding hydrogens is 422 g/mol. The van der Waals surface area contributed by atoms with Crippen molar-refractivity contribution in [3.8, 4) is 17.0 Å². The second kappa shape index (κ2) is 8.76. The molecule has 0 saturated carbocycles. The maximum Gasteiger partial charge on any atom is 0.573 e. The summed E-state index contributed by atoms with van der Waals surface area (Å²) in [5.41, 5.74) is 1.05. The van der Waals surface area contributed by atoms with Crippen molar-refractivity contribution < 1.29 is 22.3 Å². The van der Waals surface area contributed by atoms with Crippen LogP contribution in [0.1, 0.15) is 19.3 Å². The standard InChI is InChI=1S/C19H21F4N5OS/c20-7-4-15(12-5-8-24-9-6-12)26-17-27-28-16(11-25-18(28)30-17)13-2-1-3-14(10-13)29-19(21,22)23/h1-3,10-12,15,24H,4-9H2,(H,26,27). The van der Waals surface area contributed by atoms with Crippen LogP contribution in [0.25, 0.3) is 16.2 Å². The molecule has 30 heavy (non-hydrogen) atoms. The van der Waals surface area contributed by atoms with Crippen LogP contribution in [-0.2, 0) is 0 Å². The van der Waals surface area contributed by atoms with Gasteiger partial charge in [0.1, 0.15) is 5.75 Å². The van der Waals surface area contributed by atoms with Gasteiger partial charge in [0.25, 0.3) is 0 Å². The van der Waals surface area contributed by atoms with Gasteiger partial charge in [-0.25, -0.2) is 9.50 Å².